The number of rotatable bonds is 4. The Morgan fingerprint density at radius 2 is 1.59 bits per heavy atom. The summed E-state index contributed by atoms with van der Waals surface area (Å²) in [4.78, 5) is 11.1. The number of halogens is 1. The van der Waals surface area contributed by atoms with Crippen molar-refractivity contribution < 1.29 is 12.8 Å². The normalized spacial score (nSPS) is 15.8. The second-order valence-electron chi connectivity index (χ2n) is 6.98. The fraction of sp³-hybridized carbons (Fsp3) is 0.286. The van der Waals surface area contributed by atoms with Gasteiger partial charge >= 0.3 is 0 Å². The zero-order valence-corrected chi connectivity index (χ0v) is 16.4. The van der Waals surface area contributed by atoms with Crippen LogP contribution in [0.1, 0.15) is 30.2 Å². The SMILES string of the molecule is N#CC(c1nc2ccccc2nc1N1CCCCC1)S(=O)(=O)c1ccc(F)cc1. The van der Waals surface area contributed by atoms with E-state index in [4.69, 9.17) is 0 Å². The first-order valence-corrected chi connectivity index (χ1v) is 11.0. The number of sulfone groups is 1. The highest BCUT2D eigenvalue weighted by Crippen LogP contribution is 2.34. The van der Waals surface area contributed by atoms with Crippen molar-refractivity contribution in [2.75, 3.05) is 18.0 Å². The topological polar surface area (TPSA) is 86.9 Å². The van der Waals surface area contributed by atoms with Crippen LogP contribution in [0, 0.1) is 17.1 Å². The Bertz CT molecular complexity index is 1180. The van der Waals surface area contributed by atoms with Gasteiger partial charge in [0.1, 0.15) is 11.5 Å². The Hall–Kier alpha value is -3.05. The third kappa shape index (κ3) is 3.66. The van der Waals surface area contributed by atoms with Crippen LogP contribution in [0.3, 0.4) is 0 Å². The van der Waals surface area contributed by atoms with Crippen molar-refractivity contribution in [2.45, 2.75) is 29.4 Å². The van der Waals surface area contributed by atoms with Crippen molar-refractivity contribution in [3.05, 3.63) is 60.0 Å². The van der Waals surface area contributed by atoms with Gasteiger partial charge in [0.25, 0.3) is 0 Å². The van der Waals surface area contributed by atoms with E-state index in [9.17, 15) is 18.1 Å². The zero-order valence-electron chi connectivity index (χ0n) is 15.6. The average Bonchev–Trinajstić information content (AvgIpc) is 2.74. The maximum absolute atomic E-state index is 13.3. The van der Waals surface area contributed by atoms with E-state index in [2.05, 4.69) is 9.97 Å². The second kappa shape index (κ2) is 7.76. The van der Waals surface area contributed by atoms with Crippen LogP contribution in [-0.2, 0) is 9.84 Å². The van der Waals surface area contributed by atoms with Crippen molar-refractivity contribution in [1.82, 2.24) is 9.97 Å². The molecule has 1 unspecified atom stereocenters. The molecular formula is C21H19FN4O2S. The van der Waals surface area contributed by atoms with Gasteiger partial charge in [-0.05, 0) is 55.7 Å². The number of nitrogens with zero attached hydrogens (tertiary/aromatic N) is 4. The molecule has 1 aromatic heterocycles. The molecule has 148 valence electrons. The molecule has 1 aliphatic heterocycles. The van der Waals surface area contributed by atoms with E-state index in [0.717, 1.165) is 44.5 Å². The number of fused-ring (bicyclic) bond motifs is 1. The van der Waals surface area contributed by atoms with Crippen LogP contribution in [0.2, 0.25) is 0 Å². The molecule has 6 nitrogen and oxygen atoms in total. The highest BCUT2D eigenvalue weighted by molar-refractivity contribution is 7.92. The Morgan fingerprint density at radius 1 is 0.966 bits per heavy atom. The number of para-hydroxylation sites is 2. The number of hydrogen-bond donors (Lipinski definition) is 0. The predicted molar refractivity (Wildman–Crippen MR) is 108 cm³/mol. The van der Waals surface area contributed by atoms with Crippen molar-refractivity contribution in [2.24, 2.45) is 0 Å². The molecule has 4 rings (SSSR count). The summed E-state index contributed by atoms with van der Waals surface area (Å²) in [6.07, 6.45) is 3.04. The molecule has 1 atom stereocenters. The van der Waals surface area contributed by atoms with Crippen LogP contribution in [-0.4, -0.2) is 31.5 Å². The Morgan fingerprint density at radius 3 is 2.21 bits per heavy atom. The van der Waals surface area contributed by atoms with E-state index in [-0.39, 0.29) is 10.6 Å². The summed E-state index contributed by atoms with van der Waals surface area (Å²) in [6.45, 7) is 1.46. The molecule has 0 saturated carbocycles. The Balaban J connectivity index is 1.89. The molecule has 1 aliphatic rings. The monoisotopic (exact) mass is 410 g/mol. The third-order valence-corrected chi connectivity index (χ3v) is 6.93. The highest BCUT2D eigenvalue weighted by Gasteiger charge is 2.35. The fourth-order valence-corrected chi connectivity index (χ4v) is 4.93. The van der Waals surface area contributed by atoms with Gasteiger partial charge in [-0.3, -0.25) is 0 Å². The number of benzene rings is 2. The molecule has 3 aromatic rings. The molecule has 2 heterocycles. The minimum atomic E-state index is -4.11. The summed E-state index contributed by atoms with van der Waals surface area (Å²) < 4.78 is 39.7. The lowest BCUT2D eigenvalue weighted by Gasteiger charge is -2.30. The molecule has 0 radical (unpaired) electrons. The summed E-state index contributed by atoms with van der Waals surface area (Å²) in [7, 11) is -4.11. The molecule has 0 amide bonds. The smallest absolute Gasteiger partial charge is 0.200 e. The number of aromatic nitrogens is 2. The first-order chi connectivity index (χ1) is 14.0. The summed E-state index contributed by atoms with van der Waals surface area (Å²) >= 11 is 0. The largest absolute Gasteiger partial charge is 0.355 e. The summed E-state index contributed by atoms with van der Waals surface area (Å²) in [5.74, 6) is -0.113. The minimum Gasteiger partial charge on any atom is -0.355 e. The van der Waals surface area contributed by atoms with Crippen LogP contribution < -0.4 is 4.90 Å². The summed E-state index contributed by atoms with van der Waals surface area (Å²) in [6, 6.07) is 13.6. The maximum Gasteiger partial charge on any atom is 0.200 e. The first kappa shape index (κ1) is 19.3. The fourth-order valence-electron chi connectivity index (χ4n) is 3.56. The molecule has 2 aromatic carbocycles. The third-order valence-electron chi connectivity index (χ3n) is 5.05. The predicted octanol–water partition coefficient (Wildman–Crippen LogP) is 3.80. The Labute approximate surface area is 168 Å². The maximum atomic E-state index is 13.3. The van der Waals surface area contributed by atoms with Gasteiger partial charge in [0.05, 0.1) is 22.0 Å². The van der Waals surface area contributed by atoms with Crippen molar-refractivity contribution in [3.63, 3.8) is 0 Å². The van der Waals surface area contributed by atoms with Crippen LogP contribution in [0.25, 0.3) is 11.0 Å². The minimum absolute atomic E-state index is 0.120. The van der Waals surface area contributed by atoms with E-state index in [1.54, 1.807) is 12.1 Å². The second-order valence-corrected chi connectivity index (χ2v) is 9.01. The van der Waals surface area contributed by atoms with Crippen molar-refractivity contribution >= 4 is 26.7 Å². The van der Waals surface area contributed by atoms with E-state index in [1.165, 1.54) is 12.1 Å². The van der Waals surface area contributed by atoms with Gasteiger partial charge in [0.15, 0.2) is 11.1 Å². The molecule has 0 spiro atoms. The average molecular weight is 410 g/mol. The lowest BCUT2D eigenvalue weighted by atomic mass is 10.1. The standard InChI is InChI=1S/C21H19FN4O2S/c22-15-8-10-16(11-9-15)29(27,28)19(14-23)20-21(26-12-4-1-5-13-26)25-18-7-3-2-6-17(18)24-20/h2-3,6-11,19H,1,4-5,12-13H2. The molecule has 0 bridgehead atoms. The van der Waals surface area contributed by atoms with Gasteiger partial charge in [-0.1, -0.05) is 12.1 Å². The van der Waals surface area contributed by atoms with Gasteiger partial charge in [-0.15, -0.1) is 0 Å². The van der Waals surface area contributed by atoms with Crippen LogP contribution >= 0.6 is 0 Å². The van der Waals surface area contributed by atoms with E-state index in [0.29, 0.717) is 16.9 Å². The van der Waals surface area contributed by atoms with E-state index in [1.807, 2.05) is 23.1 Å². The lowest BCUT2D eigenvalue weighted by Crippen LogP contribution is -2.32. The van der Waals surface area contributed by atoms with Crippen LogP contribution in [0.15, 0.2) is 53.4 Å². The van der Waals surface area contributed by atoms with Gasteiger partial charge in [0.2, 0.25) is 9.84 Å². The Kier molecular flexibility index (Phi) is 5.16. The summed E-state index contributed by atoms with van der Waals surface area (Å²) in [5.41, 5.74) is 1.29. The first-order valence-electron chi connectivity index (χ1n) is 9.41. The molecule has 8 heteroatoms. The number of piperidine rings is 1. The van der Waals surface area contributed by atoms with Gasteiger partial charge in [0, 0.05) is 13.1 Å². The molecule has 1 fully saturated rings. The highest BCUT2D eigenvalue weighted by atomic mass is 32.2. The zero-order chi connectivity index (χ0) is 20.4. The quantitative estimate of drug-likeness (QED) is 0.608. The van der Waals surface area contributed by atoms with E-state index >= 15 is 0 Å². The van der Waals surface area contributed by atoms with Gasteiger partial charge in [-0.25, -0.2) is 22.8 Å². The van der Waals surface area contributed by atoms with Crippen molar-refractivity contribution in [3.8, 4) is 6.07 Å². The molecule has 0 aliphatic carbocycles. The molecule has 29 heavy (non-hydrogen) atoms. The van der Waals surface area contributed by atoms with Gasteiger partial charge in [-0.2, -0.15) is 5.26 Å². The molecular weight excluding hydrogens is 391 g/mol. The number of hydrogen-bond acceptors (Lipinski definition) is 6. The summed E-state index contributed by atoms with van der Waals surface area (Å²) in [5, 5.41) is 8.30. The molecule has 1 saturated heterocycles. The number of anilines is 1. The van der Waals surface area contributed by atoms with Gasteiger partial charge < -0.3 is 4.90 Å². The lowest BCUT2D eigenvalue weighted by molar-refractivity contribution is 0.569. The van der Waals surface area contributed by atoms with Crippen LogP contribution in [0.5, 0.6) is 0 Å². The number of nitriles is 1. The van der Waals surface area contributed by atoms with Crippen molar-refractivity contribution in [1.29, 1.82) is 5.26 Å². The van der Waals surface area contributed by atoms with E-state index < -0.39 is 20.9 Å². The van der Waals surface area contributed by atoms with Crippen LogP contribution in [0.4, 0.5) is 10.2 Å². The molecule has 0 N–H and O–H groups in total.